The van der Waals surface area contributed by atoms with E-state index >= 15 is 0 Å². The number of benzene rings is 1. The summed E-state index contributed by atoms with van der Waals surface area (Å²) in [6, 6.07) is 5.81. The number of aromatic nitrogens is 2. The quantitative estimate of drug-likeness (QED) is 0.869. The van der Waals surface area contributed by atoms with Crippen molar-refractivity contribution in [3.8, 4) is 5.75 Å². The molecule has 0 saturated carbocycles. The zero-order valence-corrected chi connectivity index (χ0v) is 11.3. The first-order valence-electron chi connectivity index (χ1n) is 5.39. The third-order valence-electron chi connectivity index (χ3n) is 2.30. The van der Waals surface area contributed by atoms with Crippen molar-refractivity contribution in [1.82, 2.24) is 10.2 Å². The summed E-state index contributed by atoms with van der Waals surface area (Å²) in [6.45, 7) is 4.28. The zero-order valence-electron chi connectivity index (χ0n) is 9.74. The molecule has 5 heteroatoms. The van der Waals surface area contributed by atoms with E-state index in [0.29, 0.717) is 18.4 Å². The second kappa shape index (κ2) is 5.31. The van der Waals surface area contributed by atoms with Gasteiger partial charge in [-0.25, -0.2) is 0 Å². The zero-order chi connectivity index (χ0) is 12.3. The summed E-state index contributed by atoms with van der Waals surface area (Å²) >= 11 is 3.44. The number of hydrogen-bond donors (Lipinski definition) is 0. The molecule has 0 aliphatic heterocycles. The van der Waals surface area contributed by atoms with E-state index in [9.17, 15) is 0 Å². The largest absolute Gasteiger partial charge is 0.484 e. The van der Waals surface area contributed by atoms with Crippen molar-refractivity contribution in [2.45, 2.75) is 26.9 Å². The number of aryl methyl sites for hydroxylation is 2. The lowest BCUT2D eigenvalue weighted by atomic mass is 10.2. The van der Waals surface area contributed by atoms with Crippen molar-refractivity contribution >= 4 is 15.9 Å². The third kappa shape index (κ3) is 3.06. The standard InChI is InChI=1S/C12H13BrN2O2/c1-3-11-14-15-12(17-11)7-16-9-4-5-10(13)8(2)6-9/h4-6H,3,7H2,1-2H3. The normalized spacial score (nSPS) is 10.5. The second-order valence-electron chi connectivity index (χ2n) is 3.64. The summed E-state index contributed by atoms with van der Waals surface area (Å²) in [5.41, 5.74) is 1.13. The molecule has 2 rings (SSSR count). The van der Waals surface area contributed by atoms with E-state index in [2.05, 4.69) is 26.1 Å². The number of hydrogen-bond acceptors (Lipinski definition) is 4. The number of rotatable bonds is 4. The minimum Gasteiger partial charge on any atom is -0.484 e. The average Bonchev–Trinajstić information content (AvgIpc) is 2.79. The highest BCUT2D eigenvalue weighted by Gasteiger charge is 2.05. The van der Waals surface area contributed by atoms with Gasteiger partial charge in [0.15, 0.2) is 6.61 Å². The summed E-state index contributed by atoms with van der Waals surface area (Å²) in [7, 11) is 0. The first-order chi connectivity index (χ1) is 8.19. The molecule has 0 radical (unpaired) electrons. The molecular formula is C12H13BrN2O2. The number of nitrogens with zero attached hydrogens (tertiary/aromatic N) is 2. The minimum absolute atomic E-state index is 0.300. The average molecular weight is 297 g/mol. The Morgan fingerprint density at radius 1 is 1.29 bits per heavy atom. The smallest absolute Gasteiger partial charge is 0.253 e. The van der Waals surface area contributed by atoms with Gasteiger partial charge in [-0.1, -0.05) is 22.9 Å². The minimum atomic E-state index is 0.300. The van der Waals surface area contributed by atoms with Crippen molar-refractivity contribution in [2.24, 2.45) is 0 Å². The molecule has 1 aromatic heterocycles. The van der Waals surface area contributed by atoms with Gasteiger partial charge in [0.1, 0.15) is 5.75 Å². The van der Waals surface area contributed by atoms with Crippen LogP contribution in [0.2, 0.25) is 0 Å². The van der Waals surface area contributed by atoms with Gasteiger partial charge in [-0.05, 0) is 30.7 Å². The molecule has 0 fully saturated rings. The maximum absolute atomic E-state index is 5.57. The molecule has 0 amide bonds. The molecule has 4 nitrogen and oxygen atoms in total. The Labute approximate surface area is 108 Å². The number of ether oxygens (including phenoxy) is 1. The molecule has 0 atom stereocenters. The predicted molar refractivity (Wildman–Crippen MR) is 66.9 cm³/mol. The highest BCUT2D eigenvalue weighted by Crippen LogP contribution is 2.22. The topological polar surface area (TPSA) is 48.2 Å². The summed E-state index contributed by atoms with van der Waals surface area (Å²) in [5, 5.41) is 7.77. The van der Waals surface area contributed by atoms with Gasteiger partial charge in [0, 0.05) is 10.9 Å². The van der Waals surface area contributed by atoms with Crippen molar-refractivity contribution < 1.29 is 9.15 Å². The molecule has 0 bridgehead atoms. The van der Waals surface area contributed by atoms with E-state index in [-0.39, 0.29) is 0 Å². The van der Waals surface area contributed by atoms with E-state index in [1.165, 1.54) is 0 Å². The Morgan fingerprint density at radius 3 is 2.71 bits per heavy atom. The summed E-state index contributed by atoms with van der Waals surface area (Å²) < 4.78 is 12.0. The lowest BCUT2D eigenvalue weighted by Gasteiger charge is -2.05. The van der Waals surface area contributed by atoms with Crippen molar-refractivity contribution in [3.05, 3.63) is 40.0 Å². The van der Waals surface area contributed by atoms with E-state index in [1.807, 2.05) is 32.0 Å². The highest BCUT2D eigenvalue weighted by molar-refractivity contribution is 9.10. The molecule has 0 spiro atoms. The van der Waals surface area contributed by atoms with Crippen LogP contribution >= 0.6 is 15.9 Å². The van der Waals surface area contributed by atoms with Crippen molar-refractivity contribution in [2.75, 3.05) is 0 Å². The van der Waals surface area contributed by atoms with Gasteiger partial charge in [0.2, 0.25) is 5.89 Å². The van der Waals surface area contributed by atoms with E-state index in [4.69, 9.17) is 9.15 Å². The van der Waals surface area contributed by atoms with Crippen LogP contribution in [0, 0.1) is 6.92 Å². The molecule has 17 heavy (non-hydrogen) atoms. The van der Waals surface area contributed by atoms with E-state index in [0.717, 1.165) is 22.2 Å². The summed E-state index contributed by atoms with van der Waals surface area (Å²) in [4.78, 5) is 0. The van der Waals surface area contributed by atoms with Gasteiger partial charge in [0.25, 0.3) is 5.89 Å². The monoisotopic (exact) mass is 296 g/mol. The molecule has 0 N–H and O–H groups in total. The first kappa shape index (κ1) is 12.1. The maximum atomic E-state index is 5.57. The first-order valence-corrected chi connectivity index (χ1v) is 6.18. The Bertz CT molecular complexity index is 511. The van der Waals surface area contributed by atoms with Crippen LogP contribution in [0.25, 0.3) is 0 Å². The van der Waals surface area contributed by atoms with Gasteiger partial charge >= 0.3 is 0 Å². The summed E-state index contributed by atoms with van der Waals surface area (Å²) in [5.74, 6) is 1.93. The molecule has 2 aromatic rings. The molecule has 0 unspecified atom stereocenters. The fraction of sp³-hybridized carbons (Fsp3) is 0.333. The fourth-order valence-electron chi connectivity index (χ4n) is 1.34. The molecule has 90 valence electrons. The highest BCUT2D eigenvalue weighted by atomic mass is 79.9. The molecule has 0 saturated heterocycles. The van der Waals surface area contributed by atoms with Crippen LogP contribution in [-0.2, 0) is 13.0 Å². The van der Waals surface area contributed by atoms with Gasteiger partial charge in [0.05, 0.1) is 0 Å². The SMILES string of the molecule is CCc1nnc(COc2ccc(Br)c(C)c2)o1. The van der Waals surface area contributed by atoms with Crippen LogP contribution in [0.3, 0.4) is 0 Å². The summed E-state index contributed by atoms with van der Waals surface area (Å²) in [6.07, 6.45) is 0.740. The lowest BCUT2D eigenvalue weighted by molar-refractivity contribution is 0.259. The van der Waals surface area contributed by atoms with Crippen LogP contribution in [0.5, 0.6) is 5.75 Å². The molecule has 1 aromatic carbocycles. The second-order valence-corrected chi connectivity index (χ2v) is 4.50. The third-order valence-corrected chi connectivity index (χ3v) is 3.19. The van der Waals surface area contributed by atoms with Crippen LogP contribution in [0.4, 0.5) is 0 Å². The van der Waals surface area contributed by atoms with Crippen molar-refractivity contribution in [3.63, 3.8) is 0 Å². The van der Waals surface area contributed by atoms with Crippen LogP contribution in [-0.4, -0.2) is 10.2 Å². The fourth-order valence-corrected chi connectivity index (χ4v) is 1.59. The molecule has 0 aliphatic carbocycles. The lowest BCUT2D eigenvalue weighted by Crippen LogP contribution is -1.96. The van der Waals surface area contributed by atoms with Crippen molar-refractivity contribution in [1.29, 1.82) is 0 Å². The van der Waals surface area contributed by atoms with Gasteiger partial charge < -0.3 is 9.15 Å². The van der Waals surface area contributed by atoms with E-state index < -0.39 is 0 Å². The Balaban J connectivity index is 1.99. The van der Waals surface area contributed by atoms with Gasteiger partial charge in [-0.3, -0.25) is 0 Å². The molecule has 1 heterocycles. The van der Waals surface area contributed by atoms with Crippen LogP contribution in [0.1, 0.15) is 24.3 Å². The number of halogens is 1. The van der Waals surface area contributed by atoms with Gasteiger partial charge in [-0.15, -0.1) is 10.2 Å². The van der Waals surface area contributed by atoms with E-state index in [1.54, 1.807) is 0 Å². The Kier molecular flexibility index (Phi) is 3.78. The maximum Gasteiger partial charge on any atom is 0.253 e. The predicted octanol–water partition coefficient (Wildman–Crippen LogP) is 3.28. The molecular weight excluding hydrogens is 284 g/mol. The van der Waals surface area contributed by atoms with Crippen LogP contribution in [0.15, 0.2) is 27.1 Å². The molecule has 0 aliphatic rings. The van der Waals surface area contributed by atoms with Gasteiger partial charge in [-0.2, -0.15) is 0 Å². The van der Waals surface area contributed by atoms with Crippen LogP contribution < -0.4 is 4.74 Å². The Morgan fingerprint density at radius 2 is 2.06 bits per heavy atom. The Hall–Kier alpha value is -1.36.